The van der Waals surface area contributed by atoms with E-state index in [1.54, 1.807) is 23.1 Å². The van der Waals surface area contributed by atoms with Gasteiger partial charge in [-0.1, -0.05) is 44.2 Å². The Kier molecular flexibility index (Phi) is 9.03. The number of para-hydroxylation sites is 1. The summed E-state index contributed by atoms with van der Waals surface area (Å²) in [5.41, 5.74) is 3.04. The van der Waals surface area contributed by atoms with Crippen LogP contribution in [0, 0.1) is 12.8 Å². The molecule has 0 spiro atoms. The van der Waals surface area contributed by atoms with Crippen LogP contribution >= 0.6 is 23.1 Å². The van der Waals surface area contributed by atoms with Crippen LogP contribution in [-0.4, -0.2) is 43.8 Å². The van der Waals surface area contributed by atoms with Crippen LogP contribution in [0.5, 0.6) is 0 Å². The minimum absolute atomic E-state index is 0.710. The third-order valence-electron chi connectivity index (χ3n) is 4.39. The predicted octanol–water partition coefficient (Wildman–Crippen LogP) is 5.34. The Hall–Kier alpha value is -1.74. The standard InChI is InChI=1S/C19H24N4S2.C3H8O2/c1-5-12(2)10-11-20-17-16(13(3)21-19(23-17)24-4)18-22-14-8-6-7-9-15(14)25-18;1-3(2,4)5/h6-9,12H,5,10-11H2,1-4H3,(H,20,21,23);4-5H,1-2H3. The third kappa shape index (κ3) is 7.50. The van der Waals surface area contributed by atoms with Gasteiger partial charge in [0.1, 0.15) is 10.8 Å². The zero-order valence-electron chi connectivity index (χ0n) is 18.6. The van der Waals surface area contributed by atoms with Gasteiger partial charge in [0.2, 0.25) is 0 Å². The maximum Gasteiger partial charge on any atom is 0.189 e. The van der Waals surface area contributed by atoms with E-state index < -0.39 is 5.79 Å². The molecule has 2 aromatic heterocycles. The molecule has 0 aliphatic rings. The summed E-state index contributed by atoms with van der Waals surface area (Å²) < 4.78 is 1.19. The van der Waals surface area contributed by atoms with Gasteiger partial charge in [-0.15, -0.1) is 11.3 Å². The van der Waals surface area contributed by atoms with Crippen LogP contribution < -0.4 is 5.32 Å². The van der Waals surface area contributed by atoms with Gasteiger partial charge in [-0.2, -0.15) is 0 Å². The first-order valence-corrected chi connectivity index (χ1v) is 12.1. The first-order chi connectivity index (χ1) is 14.1. The summed E-state index contributed by atoms with van der Waals surface area (Å²) in [7, 11) is 0. The molecule has 30 heavy (non-hydrogen) atoms. The van der Waals surface area contributed by atoms with Crippen LogP contribution in [-0.2, 0) is 0 Å². The molecule has 8 heteroatoms. The number of nitrogens with one attached hydrogen (secondary N) is 1. The van der Waals surface area contributed by atoms with Crippen molar-refractivity contribution in [3.8, 4) is 10.6 Å². The minimum atomic E-state index is -1.50. The van der Waals surface area contributed by atoms with E-state index in [-0.39, 0.29) is 0 Å². The van der Waals surface area contributed by atoms with Gasteiger partial charge in [0.05, 0.1) is 21.5 Å². The van der Waals surface area contributed by atoms with Gasteiger partial charge in [-0.3, -0.25) is 0 Å². The van der Waals surface area contributed by atoms with Crippen LogP contribution in [0.15, 0.2) is 29.4 Å². The number of aromatic nitrogens is 3. The topological polar surface area (TPSA) is 91.2 Å². The lowest BCUT2D eigenvalue weighted by atomic mass is 10.1. The number of rotatable bonds is 7. The SMILES string of the molecule is CC(C)(O)O.CCC(C)CCNc1nc(SC)nc(C)c1-c1nc2ccccc2s1. The summed E-state index contributed by atoms with van der Waals surface area (Å²) in [6, 6.07) is 8.24. The average molecular weight is 449 g/mol. The highest BCUT2D eigenvalue weighted by Crippen LogP contribution is 2.36. The molecule has 1 aromatic carbocycles. The van der Waals surface area contributed by atoms with Crippen molar-refractivity contribution >= 4 is 39.1 Å². The molecule has 0 fully saturated rings. The summed E-state index contributed by atoms with van der Waals surface area (Å²) in [6.07, 6.45) is 4.34. The lowest BCUT2D eigenvalue weighted by molar-refractivity contribution is -0.127. The van der Waals surface area contributed by atoms with Crippen molar-refractivity contribution in [2.24, 2.45) is 5.92 Å². The van der Waals surface area contributed by atoms with Crippen LogP contribution in [0.3, 0.4) is 0 Å². The van der Waals surface area contributed by atoms with E-state index in [2.05, 4.69) is 42.3 Å². The third-order valence-corrected chi connectivity index (χ3v) is 5.99. The molecule has 6 nitrogen and oxygen atoms in total. The van der Waals surface area contributed by atoms with Crippen LogP contribution in [0.4, 0.5) is 5.82 Å². The molecule has 2 heterocycles. The Bertz CT molecular complexity index is 915. The van der Waals surface area contributed by atoms with Crippen molar-refractivity contribution in [3.05, 3.63) is 30.0 Å². The molecule has 0 bridgehead atoms. The number of anilines is 1. The second kappa shape index (κ2) is 11.0. The van der Waals surface area contributed by atoms with E-state index in [4.69, 9.17) is 20.2 Å². The first kappa shape index (κ1) is 24.5. The van der Waals surface area contributed by atoms with Gasteiger partial charge in [-0.05, 0) is 51.5 Å². The number of aliphatic hydroxyl groups is 2. The molecule has 0 saturated heterocycles. The second-order valence-corrected chi connectivity index (χ2v) is 9.53. The van der Waals surface area contributed by atoms with Crippen molar-refractivity contribution < 1.29 is 10.2 Å². The number of hydrogen-bond donors (Lipinski definition) is 3. The second-order valence-electron chi connectivity index (χ2n) is 7.73. The average Bonchev–Trinajstić information content (AvgIpc) is 3.09. The number of aryl methyl sites for hydroxylation is 1. The zero-order valence-corrected chi connectivity index (χ0v) is 20.2. The number of fused-ring (bicyclic) bond motifs is 1. The Morgan fingerprint density at radius 1 is 1.17 bits per heavy atom. The van der Waals surface area contributed by atoms with Gasteiger partial charge in [-0.25, -0.2) is 15.0 Å². The fourth-order valence-electron chi connectivity index (χ4n) is 2.64. The molecule has 3 N–H and O–H groups in total. The van der Waals surface area contributed by atoms with Crippen LogP contribution in [0.1, 0.15) is 46.2 Å². The quantitative estimate of drug-likeness (QED) is 0.255. The molecule has 0 amide bonds. The number of benzene rings is 1. The number of thioether (sulfide) groups is 1. The first-order valence-electron chi connectivity index (χ1n) is 10.1. The van der Waals surface area contributed by atoms with Crippen molar-refractivity contribution in [2.75, 3.05) is 18.1 Å². The molecular formula is C22H32N4O2S2. The highest BCUT2D eigenvalue weighted by atomic mass is 32.2. The van der Waals surface area contributed by atoms with Gasteiger partial charge in [0, 0.05) is 6.54 Å². The van der Waals surface area contributed by atoms with Crippen LogP contribution in [0.25, 0.3) is 20.8 Å². The van der Waals surface area contributed by atoms with Gasteiger partial charge in [0.15, 0.2) is 10.9 Å². The summed E-state index contributed by atoms with van der Waals surface area (Å²) in [5, 5.41) is 21.5. The van der Waals surface area contributed by atoms with Gasteiger partial charge in [0.25, 0.3) is 0 Å². The highest BCUT2D eigenvalue weighted by Gasteiger charge is 2.17. The molecule has 0 aliphatic carbocycles. The van der Waals surface area contributed by atoms with E-state index in [0.29, 0.717) is 5.92 Å². The normalized spacial score (nSPS) is 12.4. The van der Waals surface area contributed by atoms with E-state index >= 15 is 0 Å². The maximum atomic E-state index is 8.08. The Morgan fingerprint density at radius 2 is 1.83 bits per heavy atom. The van der Waals surface area contributed by atoms with Crippen molar-refractivity contribution in [2.45, 2.75) is 58.4 Å². The lowest BCUT2D eigenvalue weighted by Gasteiger charge is -2.14. The molecule has 0 radical (unpaired) electrons. The minimum Gasteiger partial charge on any atom is -0.369 e. The van der Waals surface area contributed by atoms with Crippen molar-refractivity contribution in [1.29, 1.82) is 0 Å². The molecule has 1 unspecified atom stereocenters. The fourth-order valence-corrected chi connectivity index (χ4v) is 4.12. The van der Waals surface area contributed by atoms with Gasteiger partial charge < -0.3 is 15.5 Å². The summed E-state index contributed by atoms with van der Waals surface area (Å²) in [5.74, 6) is 0.112. The molecular weight excluding hydrogens is 416 g/mol. The monoisotopic (exact) mass is 448 g/mol. The Balaban J connectivity index is 0.000000575. The van der Waals surface area contributed by atoms with E-state index in [9.17, 15) is 0 Å². The summed E-state index contributed by atoms with van der Waals surface area (Å²) in [4.78, 5) is 14.2. The van der Waals surface area contributed by atoms with E-state index in [1.165, 1.54) is 25.0 Å². The number of thiazole rings is 1. The van der Waals surface area contributed by atoms with Gasteiger partial charge >= 0.3 is 0 Å². The zero-order chi connectivity index (χ0) is 22.3. The number of hydrogen-bond acceptors (Lipinski definition) is 8. The van der Waals surface area contributed by atoms with Crippen molar-refractivity contribution in [1.82, 2.24) is 15.0 Å². The van der Waals surface area contributed by atoms with Crippen LogP contribution in [0.2, 0.25) is 0 Å². The molecule has 164 valence electrons. The molecule has 3 aromatic rings. The van der Waals surface area contributed by atoms with Crippen molar-refractivity contribution in [3.63, 3.8) is 0 Å². The number of nitrogens with zero attached hydrogens (tertiary/aromatic N) is 3. The summed E-state index contributed by atoms with van der Waals surface area (Å²) >= 11 is 3.27. The Morgan fingerprint density at radius 3 is 2.43 bits per heavy atom. The molecule has 1 atom stereocenters. The molecule has 3 rings (SSSR count). The smallest absolute Gasteiger partial charge is 0.189 e. The molecule has 0 aliphatic heterocycles. The fraction of sp³-hybridized carbons (Fsp3) is 0.500. The molecule has 0 saturated carbocycles. The predicted molar refractivity (Wildman–Crippen MR) is 128 cm³/mol. The Labute approximate surface area is 187 Å². The largest absolute Gasteiger partial charge is 0.369 e. The highest BCUT2D eigenvalue weighted by molar-refractivity contribution is 7.98. The maximum absolute atomic E-state index is 8.08. The lowest BCUT2D eigenvalue weighted by Crippen LogP contribution is -2.15. The van der Waals surface area contributed by atoms with E-state index in [0.717, 1.165) is 45.7 Å². The van der Waals surface area contributed by atoms with E-state index in [1.807, 2.05) is 19.2 Å². The summed E-state index contributed by atoms with van der Waals surface area (Å²) in [6.45, 7) is 10.1.